The van der Waals surface area contributed by atoms with E-state index in [0.29, 0.717) is 16.8 Å². The van der Waals surface area contributed by atoms with Crippen LogP contribution < -0.4 is 10.6 Å². The van der Waals surface area contributed by atoms with Crippen LogP contribution in [0.5, 0.6) is 0 Å². The molecule has 0 aliphatic carbocycles. The van der Waals surface area contributed by atoms with Crippen molar-refractivity contribution in [1.29, 1.82) is 0 Å². The number of aromatic nitrogens is 1. The normalized spacial score (nSPS) is 27.4. The topological polar surface area (TPSA) is 54.0 Å². The van der Waals surface area contributed by atoms with Gasteiger partial charge < -0.3 is 10.6 Å². The van der Waals surface area contributed by atoms with E-state index in [4.69, 9.17) is 0 Å². The van der Waals surface area contributed by atoms with Gasteiger partial charge in [-0.1, -0.05) is 6.92 Å². The quantitative estimate of drug-likeness (QED) is 0.875. The minimum atomic E-state index is 0. The van der Waals surface area contributed by atoms with Crippen LogP contribution in [0.15, 0.2) is 6.20 Å². The molecule has 1 aromatic heterocycles. The Kier molecular flexibility index (Phi) is 5.56. The summed E-state index contributed by atoms with van der Waals surface area (Å²) in [4.78, 5) is 16.9. The fraction of sp³-hybridized carbons (Fsp3) is 0.667. The van der Waals surface area contributed by atoms with Crippen LogP contribution in [0.4, 0.5) is 0 Å². The number of hydrogen-bond acceptors (Lipinski definition) is 4. The van der Waals surface area contributed by atoms with Crippen LogP contribution in [0.3, 0.4) is 0 Å². The van der Waals surface area contributed by atoms with Gasteiger partial charge >= 0.3 is 0 Å². The lowest BCUT2D eigenvalue weighted by molar-refractivity contribution is 0.0901. The Morgan fingerprint density at radius 2 is 2.28 bits per heavy atom. The van der Waals surface area contributed by atoms with E-state index in [1.807, 2.05) is 6.92 Å². The molecule has 1 amide bonds. The van der Waals surface area contributed by atoms with Crippen molar-refractivity contribution in [2.75, 3.05) is 6.54 Å². The molecule has 0 radical (unpaired) electrons. The molecule has 4 nitrogen and oxygen atoms in total. The summed E-state index contributed by atoms with van der Waals surface area (Å²) in [5.41, 5.74) is 0. The van der Waals surface area contributed by atoms with Crippen LogP contribution in [-0.4, -0.2) is 29.5 Å². The summed E-state index contributed by atoms with van der Waals surface area (Å²) in [7, 11) is 0. The number of hydrogen-bond donors (Lipinski definition) is 2. The molecule has 0 saturated carbocycles. The molecule has 3 unspecified atom stereocenters. The van der Waals surface area contributed by atoms with Crippen LogP contribution >= 0.6 is 23.7 Å². The number of aryl methyl sites for hydroxylation is 1. The number of carbonyl (C=O) groups is 1. The molecule has 6 heteroatoms. The van der Waals surface area contributed by atoms with E-state index < -0.39 is 0 Å². The Labute approximate surface area is 118 Å². The number of nitrogens with zero attached hydrogens (tertiary/aromatic N) is 1. The molecule has 0 bridgehead atoms. The minimum Gasteiger partial charge on any atom is -0.347 e. The lowest BCUT2D eigenvalue weighted by Crippen LogP contribution is -2.55. The number of thiazole rings is 1. The number of rotatable bonds is 2. The van der Waals surface area contributed by atoms with E-state index in [1.54, 1.807) is 6.20 Å². The second-order valence-electron chi connectivity index (χ2n) is 4.75. The van der Waals surface area contributed by atoms with Crippen LogP contribution in [0.2, 0.25) is 0 Å². The summed E-state index contributed by atoms with van der Waals surface area (Å²) in [6, 6.07) is 0.537. The number of carbonyl (C=O) groups excluding carboxylic acids is 1. The van der Waals surface area contributed by atoms with Crippen molar-refractivity contribution in [2.45, 2.75) is 39.3 Å². The summed E-state index contributed by atoms with van der Waals surface area (Å²) < 4.78 is 0. The standard InChI is InChI=1S/C12H19N3OS.ClH/c1-7-4-5-13-8(2)11(7)15-12(16)10-6-14-9(3)17-10;/h6-8,11,13H,4-5H2,1-3H3,(H,15,16);1H. The summed E-state index contributed by atoms with van der Waals surface area (Å²) in [5, 5.41) is 7.44. The lowest BCUT2D eigenvalue weighted by atomic mass is 9.89. The monoisotopic (exact) mass is 289 g/mol. The Morgan fingerprint density at radius 3 is 2.83 bits per heavy atom. The van der Waals surface area contributed by atoms with Crippen molar-refractivity contribution in [3.8, 4) is 0 Å². The van der Waals surface area contributed by atoms with Gasteiger partial charge in [-0.15, -0.1) is 23.7 Å². The van der Waals surface area contributed by atoms with E-state index in [1.165, 1.54) is 11.3 Å². The second kappa shape index (κ2) is 6.50. The molecule has 2 N–H and O–H groups in total. The molecule has 1 fully saturated rings. The first-order valence-electron chi connectivity index (χ1n) is 6.04. The Balaban J connectivity index is 0.00000162. The van der Waals surface area contributed by atoms with Gasteiger partial charge in [0.15, 0.2) is 0 Å². The maximum absolute atomic E-state index is 12.0. The molecule has 1 aliphatic rings. The maximum Gasteiger partial charge on any atom is 0.263 e. The molecular weight excluding hydrogens is 270 g/mol. The molecule has 102 valence electrons. The van der Waals surface area contributed by atoms with Gasteiger partial charge in [-0.05, 0) is 32.7 Å². The van der Waals surface area contributed by atoms with Gasteiger partial charge in [-0.2, -0.15) is 0 Å². The zero-order valence-corrected chi connectivity index (χ0v) is 12.5. The second-order valence-corrected chi connectivity index (χ2v) is 5.99. The molecule has 1 saturated heterocycles. The van der Waals surface area contributed by atoms with Crippen molar-refractivity contribution >= 4 is 29.7 Å². The third-order valence-corrected chi connectivity index (χ3v) is 4.27. The summed E-state index contributed by atoms with van der Waals surface area (Å²) in [5.74, 6) is 0.521. The Bertz CT molecular complexity index is 400. The molecule has 1 aliphatic heterocycles. The SMILES string of the molecule is Cc1ncc(C(=O)NC2C(C)CCNC2C)s1.Cl. The highest BCUT2D eigenvalue weighted by atomic mass is 35.5. The molecular formula is C12H20ClN3OS. The van der Waals surface area contributed by atoms with Crippen molar-refractivity contribution < 1.29 is 4.79 Å². The first-order chi connectivity index (χ1) is 8.08. The van der Waals surface area contributed by atoms with Gasteiger partial charge in [-0.25, -0.2) is 4.98 Å². The van der Waals surface area contributed by atoms with Crippen molar-refractivity contribution in [1.82, 2.24) is 15.6 Å². The number of piperidine rings is 1. The van der Waals surface area contributed by atoms with Gasteiger partial charge in [0.1, 0.15) is 4.88 Å². The first-order valence-corrected chi connectivity index (χ1v) is 6.86. The van der Waals surface area contributed by atoms with Gasteiger partial charge in [0.25, 0.3) is 5.91 Å². The van der Waals surface area contributed by atoms with Crippen LogP contribution in [0.25, 0.3) is 0 Å². The molecule has 1 aromatic rings. The van der Waals surface area contributed by atoms with Gasteiger partial charge in [0, 0.05) is 12.1 Å². The van der Waals surface area contributed by atoms with Crippen LogP contribution in [0, 0.1) is 12.8 Å². The zero-order valence-electron chi connectivity index (χ0n) is 10.9. The Hall–Kier alpha value is -0.650. The highest BCUT2D eigenvalue weighted by molar-refractivity contribution is 7.13. The average Bonchev–Trinajstić information content (AvgIpc) is 2.70. The molecule has 0 aromatic carbocycles. The van der Waals surface area contributed by atoms with E-state index in [9.17, 15) is 4.79 Å². The Morgan fingerprint density at radius 1 is 1.56 bits per heavy atom. The third kappa shape index (κ3) is 3.43. The summed E-state index contributed by atoms with van der Waals surface area (Å²) in [6.45, 7) is 7.27. The van der Waals surface area contributed by atoms with Crippen molar-refractivity contribution in [2.24, 2.45) is 5.92 Å². The zero-order chi connectivity index (χ0) is 12.4. The summed E-state index contributed by atoms with van der Waals surface area (Å²) >= 11 is 1.44. The fourth-order valence-electron chi connectivity index (χ4n) is 2.29. The van der Waals surface area contributed by atoms with Crippen LogP contribution in [0.1, 0.15) is 34.9 Å². The average molecular weight is 290 g/mol. The van der Waals surface area contributed by atoms with Crippen LogP contribution in [-0.2, 0) is 0 Å². The largest absolute Gasteiger partial charge is 0.347 e. The third-order valence-electron chi connectivity index (χ3n) is 3.36. The van der Waals surface area contributed by atoms with Gasteiger partial charge in [-0.3, -0.25) is 4.79 Å². The van der Waals surface area contributed by atoms with Gasteiger partial charge in [0.2, 0.25) is 0 Å². The number of halogens is 1. The number of amides is 1. The molecule has 2 heterocycles. The predicted octanol–water partition coefficient (Wildman–Crippen LogP) is 1.99. The van der Waals surface area contributed by atoms with E-state index in [-0.39, 0.29) is 24.4 Å². The van der Waals surface area contributed by atoms with Gasteiger partial charge in [0.05, 0.1) is 11.2 Å². The van der Waals surface area contributed by atoms with E-state index in [0.717, 1.165) is 18.0 Å². The molecule has 18 heavy (non-hydrogen) atoms. The van der Waals surface area contributed by atoms with E-state index in [2.05, 4.69) is 29.5 Å². The smallest absolute Gasteiger partial charge is 0.263 e. The predicted molar refractivity (Wildman–Crippen MR) is 76.6 cm³/mol. The lowest BCUT2D eigenvalue weighted by Gasteiger charge is -2.35. The van der Waals surface area contributed by atoms with Crippen molar-refractivity contribution in [3.05, 3.63) is 16.1 Å². The molecule has 0 spiro atoms. The molecule has 3 atom stereocenters. The first kappa shape index (κ1) is 15.4. The summed E-state index contributed by atoms with van der Waals surface area (Å²) in [6.07, 6.45) is 2.76. The van der Waals surface area contributed by atoms with E-state index >= 15 is 0 Å². The fourth-order valence-corrected chi connectivity index (χ4v) is 2.97. The highest BCUT2D eigenvalue weighted by Crippen LogP contribution is 2.18. The van der Waals surface area contributed by atoms with Crippen molar-refractivity contribution in [3.63, 3.8) is 0 Å². The highest BCUT2D eigenvalue weighted by Gasteiger charge is 2.29. The molecule has 2 rings (SSSR count). The maximum atomic E-state index is 12.0. The number of nitrogens with one attached hydrogen (secondary N) is 2. The minimum absolute atomic E-state index is 0.